The molecule has 0 unspecified atom stereocenters. The number of imide groups is 1. The summed E-state index contributed by atoms with van der Waals surface area (Å²) in [5, 5.41) is 6.56. The van der Waals surface area contributed by atoms with Crippen LogP contribution in [0.25, 0.3) is 22.1 Å². The van der Waals surface area contributed by atoms with Crippen molar-refractivity contribution in [2.24, 2.45) is 30.7 Å². The van der Waals surface area contributed by atoms with E-state index >= 15 is 0 Å². The van der Waals surface area contributed by atoms with Crippen molar-refractivity contribution in [1.29, 1.82) is 0 Å². The third-order valence-corrected chi connectivity index (χ3v) is 13.1. The van der Waals surface area contributed by atoms with Gasteiger partial charge in [0.2, 0.25) is 17.8 Å². The van der Waals surface area contributed by atoms with Gasteiger partial charge in [0.25, 0.3) is 5.91 Å². The third-order valence-electron chi connectivity index (χ3n) is 13.1. The summed E-state index contributed by atoms with van der Waals surface area (Å²) in [7, 11) is 5.33. The predicted molar refractivity (Wildman–Crippen MR) is 208 cm³/mol. The van der Waals surface area contributed by atoms with Crippen LogP contribution >= 0.6 is 0 Å². The van der Waals surface area contributed by atoms with Crippen LogP contribution in [0.2, 0.25) is 0 Å². The van der Waals surface area contributed by atoms with E-state index in [-0.39, 0.29) is 30.0 Å². The van der Waals surface area contributed by atoms with Crippen molar-refractivity contribution in [1.82, 2.24) is 38.9 Å². The molecule has 2 aliphatic carbocycles. The predicted octanol–water partition coefficient (Wildman–Crippen LogP) is 3.84. The van der Waals surface area contributed by atoms with E-state index in [1.165, 1.54) is 0 Å². The number of imidazole rings is 1. The molecular formula is C40H45N11O4. The molecule has 2 N–H and O–H groups in total. The van der Waals surface area contributed by atoms with Gasteiger partial charge in [-0.25, -0.2) is 14.8 Å². The topological polar surface area (TPSA) is 156 Å². The molecule has 3 aliphatic heterocycles. The Bertz CT molecular complexity index is 2420. The smallest absolute Gasteiger partial charge is 0.329 e. The lowest BCUT2D eigenvalue weighted by Crippen LogP contribution is -2.44. The minimum absolute atomic E-state index is 0.0297. The zero-order valence-electron chi connectivity index (χ0n) is 31.3. The number of pyridine rings is 1. The molecule has 1 aromatic carbocycles. The second kappa shape index (κ2) is 12.7. The van der Waals surface area contributed by atoms with Crippen LogP contribution in [0.5, 0.6) is 0 Å². The summed E-state index contributed by atoms with van der Waals surface area (Å²) in [5.74, 6) is 2.68. The van der Waals surface area contributed by atoms with E-state index < -0.39 is 11.9 Å². The van der Waals surface area contributed by atoms with E-state index in [9.17, 15) is 19.2 Å². The highest BCUT2D eigenvalue weighted by molar-refractivity contribution is 6.01. The molecule has 5 fully saturated rings. The van der Waals surface area contributed by atoms with E-state index in [0.29, 0.717) is 47.6 Å². The average Bonchev–Trinajstić information content (AvgIpc) is 4.01. The van der Waals surface area contributed by atoms with Crippen LogP contribution in [-0.2, 0) is 16.6 Å². The highest BCUT2D eigenvalue weighted by Gasteiger charge is 2.58. The summed E-state index contributed by atoms with van der Waals surface area (Å²) in [4.78, 5) is 71.9. The SMILES string of the molecule is CN(C)C(=O)c1cc2cnc(Nc3ccc(N4C[C@@H]5[C@H](C4)[C@H]4CN(c6cccc7c6n(C)c(=O)n7[C@@H]6CCC(=O)NC6=O)C[C@@H]54)cn3)nc2n1C1CCCC1. The number of piperidine rings is 1. The number of amides is 3. The maximum atomic E-state index is 13.5. The number of aryl methyl sites for hydroxylation is 1. The first-order valence-corrected chi connectivity index (χ1v) is 19.5. The summed E-state index contributed by atoms with van der Waals surface area (Å²) in [6.45, 7) is 3.82. The fourth-order valence-corrected chi connectivity index (χ4v) is 10.4. The number of hydrogen-bond acceptors (Lipinski definition) is 10. The first kappa shape index (κ1) is 33.8. The largest absolute Gasteiger partial charge is 0.370 e. The number of fused-ring (bicyclic) bond motifs is 6. The van der Waals surface area contributed by atoms with Gasteiger partial charge in [0.05, 0.1) is 28.6 Å². The van der Waals surface area contributed by atoms with Crippen molar-refractivity contribution < 1.29 is 14.4 Å². The van der Waals surface area contributed by atoms with E-state index in [4.69, 9.17) is 9.97 Å². The Balaban J connectivity index is 0.825. The number of benzene rings is 1. The van der Waals surface area contributed by atoms with Crippen molar-refractivity contribution in [2.45, 2.75) is 50.6 Å². The Labute approximate surface area is 317 Å². The van der Waals surface area contributed by atoms with Gasteiger partial charge in [-0.3, -0.25) is 28.8 Å². The lowest BCUT2D eigenvalue weighted by molar-refractivity contribution is -0.135. The molecule has 7 heterocycles. The van der Waals surface area contributed by atoms with Gasteiger partial charge in [-0.1, -0.05) is 18.9 Å². The number of hydrogen-bond donors (Lipinski definition) is 2. The summed E-state index contributed by atoms with van der Waals surface area (Å²) in [6, 6.07) is 11.5. The van der Waals surface area contributed by atoms with Gasteiger partial charge in [-0.2, -0.15) is 4.98 Å². The van der Waals surface area contributed by atoms with Gasteiger partial charge in [0.1, 0.15) is 23.2 Å². The van der Waals surface area contributed by atoms with Gasteiger partial charge in [0.15, 0.2) is 0 Å². The normalized spacial score (nSPS) is 25.0. The minimum atomic E-state index is -0.699. The van der Waals surface area contributed by atoms with Crippen LogP contribution in [-0.4, -0.2) is 91.5 Å². The summed E-state index contributed by atoms with van der Waals surface area (Å²) >= 11 is 0. The van der Waals surface area contributed by atoms with Gasteiger partial charge < -0.3 is 24.6 Å². The maximum absolute atomic E-state index is 13.5. The zero-order valence-corrected chi connectivity index (χ0v) is 31.3. The molecule has 5 atom stereocenters. The van der Waals surface area contributed by atoms with Gasteiger partial charge >= 0.3 is 5.69 Å². The molecule has 5 aliphatic rings. The van der Waals surface area contributed by atoms with Gasteiger partial charge in [-0.15, -0.1) is 0 Å². The lowest BCUT2D eigenvalue weighted by atomic mass is 9.60. The minimum Gasteiger partial charge on any atom is -0.370 e. The van der Waals surface area contributed by atoms with Crippen molar-refractivity contribution in [2.75, 3.05) is 55.4 Å². The second-order valence-electron chi connectivity index (χ2n) is 16.3. The molecular weight excluding hydrogens is 699 g/mol. The second-order valence-corrected chi connectivity index (χ2v) is 16.3. The van der Waals surface area contributed by atoms with Crippen LogP contribution in [0.15, 0.2) is 53.6 Å². The highest BCUT2D eigenvalue weighted by Crippen LogP contribution is 2.55. The quantitative estimate of drug-likeness (QED) is 0.235. The number of anilines is 4. The fraction of sp³-hybridized carbons (Fsp3) is 0.475. The number of nitrogens with zero attached hydrogens (tertiary/aromatic N) is 9. The standard InChI is InChI=1S/C40H45N11O4/c1-46(2)38(54)32-15-22-16-42-39(45-36(22)50(32)23-7-4-5-8-23)43-33-13-11-24(17-41-33)48-18-25-26(19-48)28-21-49(20-27(25)28)29-9-6-10-30-35(29)47(3)40(55)51(30)31-12-14-34(52)44-37(31)53/h6,9-11,13,15-17,23,25-28,31H,4-5,7-8,12,14,18-21H2,1-3H3,(H,44,52,53)(H,41,42,43,45)/t25-,26+,27+,28-,31-/m1/s1. The molecule has 284 valence electrons. The number of para-hydroxylation sites is 1. The van der Waals surface area contributed by atoms with Crippen molar-refractivity contribution in [3.63, 3.8) is 0 Å². The first-order valence-electron chi connectivity index (χ1n) is 19.5. The molecule has 15 nitrogen and oxygen atoms in total. The van der Waals surface area contributed by atoms with Crippen molar-refractivity contribution >= 4 is 62.9 Å². The monoisotopic (exact) mass is 743 g/mol. The molecule has 55 heavy (non-hydrogen) atoms. The number of carbonyl (C=O) groups excluding carboxylic acids is 3. The summed E-state index contributed by atoms with van der Waals surface area (Å²) in [6.07, 6.45) is 8.62. The Morgan fingerprint density at radius 2 is 1.60 bits per heavy atom. The Hall–Kier alpha value is -5.73. The van der Waals surface area contributed by atoms with E-state index in [0.717, 1.165) is 85.3 Å². The maximum Gasteiger partial charge on any atom is 0.329 e. The van der Waals surface area contributed by atoms with Crippen LogP contribution < -0.4 is 26.1 Å². The van der Waals surface area contributed by atoms with Gasteiger partial charge in [0, 0.05) is 71.4 Å². The number of carbonyl (C=O) groups is 3. The molecule has 0 spiro atoms. The molecule has 10 rings (SSSR count). The molecule has 4 aromatic heterocycles. The third kappa shape index (κ3) is 5.33. The molecule has 2 saturated carbocycles. The fourth-order valence-electron chi connectivity index (χ4n) is 10.4. The summed E-state index contributed by atoms with van der Waals surface area (Å²) in [5.41, 5.74) is 4.88. The Kier molecular flexibility index (Phi) is 7.79. The molecule has 5 aromatic rings. The van der Waals surface area contributed by atoms with Crippen LogP contribution in [0.4, 0.5) is 23.1 Å². The molecule has 15 heteroatoms. The molecule has 0 radical (unpaired) electrons. The van der Waals surface area contributed by atoms with E-state index in [2.05, 4.69) is 42.1 Å². The number of rotatable bonds is 7. The van der Waals surface area contributed by atoms with E-state index in [1.807, 2.05) is 30.5 Å². The Morgan fingerprint density at radius 3 is 2.27 bits per heavy atom. The van der Waals surface area contributed by atoms with Crippen LogP contribution in [0.3, 0.4) is 0 Å². The highest BCUT2D eigenvalue weighted by atomic mass is 16.2. The van der Waals surface area contributed by atoms with Gasteiger partial charge in [-0.05, 0) is 73.3 Å². The summed E-state index contributed by atoms with van der Waals surface area (Å²) < 4.78 is 5.35. The van der Waals surface area contributed by atoms with Crippen molar-refractivity contribution in [3.8, 4) is 0 Å². The number of nitrogens with one attached hydrogen (secondary N) is 2. The van der Waals surface area contributed by atoms with Crippen LogP contribution in [0.1, 0.15) is 61.1 Å². The number of aromatic nitrogens is 6. The lowest BCUT2D eigenvalue weighted by Gasteiger charge is -2.42. The van der Waals surface area contributed by atoms with E-state index in [1.54, 1.807) is 41.4 Å². The molecule has 3 amide bonds. The van der Waals surface area contributed by atoms with Crippen molar-refractivity contribution in [3.05, 3.63) is 65.0 Å². The first-order chi connectivity index (χ1) is 26.6. The Morgan fingerprint density at radius 1 is 0.873 bits per heavy atom. The average molecular weight is 744 g/mol. The zero-order chi connectivity index (χ0) is 37.7. The van der Waals surface area contributed by atoms with Crippen LogP contribution in [0, 0.1) is 23.7 Å². The molecule has 3 saturated heterocycles. The molecule has 0 bridgehead atoms.